The summed E-state index contributed by atoms with van der Waals surface area (Å²) in [6.07, 6.45) is -1.30. The van der Waals surface area contributed by atoms with Crippen molar-refractivity contribution in [2.75, 3.05) is 116 Å². The van der Waals surface area contributed by atoms with Gasteiger partial charge in [0, 0.05) is 76.7 Å². The van der Waals surface area contributed by atoms with Gasteiger partial charge in [-0.1, -0.05) is 62.7 Å². The van der Waals surface area contributed by atoms with Crippen LogP contribution < -0.4 is 20.9 Å². The number of aromatic hydroxyl groups is 1. The SMILES string of the molecule is Cc1ncsc1-c1ccc([C@H](C)NC(=O)[C@@H]2C[C@@H](O)CN2C(=O)[C@@H](NC(=O)COCCOCCOCCOCCN(C)C(=O)CCNc2nc(N3CCN(C(=O)OC(C)(C)C)CC3)c3cc(Cl)c(-c4c(O)cccc4F)c(F)c3n2)C(C)(C)C)cc1. The van der Waals surface area contributed by atoms with Crippen LogP contribution in [0.25, 0.3) is 32.5 Å². The lowest BCUT2D eigenvalue weighted by Crippen LogP contribution is -2.58. The van der Waals surface area contributed by atoms with Gasteiger partial charge in [0.15, 0.2) is 5.82 Å². The fourth-order valence-corrected chi connectivity index (χ4v) is 10.9. The number of rotatable bonds is 26. The summed E-state index contributed by atoms with van der Waals surface area (Å²) in [5, 5.41) is 30.1. The Balaban J connectivity index is 0.778. The molecule has 22 nitrogen and oxygen atoms in total. The third-order valence-corrected chi connectivity index (χ3v) is 15.6. The lowest BCUT2D eigenvalue weighted by atomic mass is 9.85. The van der Waals surface area contributed by atoms with E-state index < -0.39 is 76.0 Å². The first-order valence-corrected chi connectivity index (χ1v) is 29.8. The number of aliphatic hydroxyl groups excluding tert-OH is 1. The van der Waals surface area contributed by atoms with E-state index in [1.165, 1.54) is 28.0 Å². The molecule has 0 saturated carbocycles. The van der Waals surface area contributed by atoms with Crippen LogP contribution in [0.3, 0.4) is 0 Å². The quantitative estimate of drug-likeness (QED) is 0.0345. The molecule has 26 heteroatoms. The van der Waals surface area contributed by atoms with Crippen LogP contribution in [0.1, 0.15) is 78.6 Å². The Morgan fingerprint density at radius 2 is 1.52 bits per heavy atom. The van der Waals surface area contributed by atoms with E-state index in [2.05, 4.69) is 25.9 Å². The van der Waals surface area contributed by atoms with Crippen molar-refractivity contribution < 1.29 is 66.7 Å². The summed E-state index contributed by atoms with van der Waals surface area (Å²) in [5.41, 5.74) is 2.21. The van der Waals surface area contributed by atoms with Gasteiger partial charge >= 0.3 is 6.09 Å². The lowest BCUT2D eigenvalue weighted by molar-refractivity contribution is -0.144. The first-order chi connectivity index (χ1) is 40.8. The molecule has 0 spiro atoms. The molecule has 2 aromatic heterocycles. The van der Waals surface area contributed by atoms with Crippen molar-refractivity contribution in [1.29, 1.82) is 0 Å². The molecule has 5 amide bonds. The van der Waals surface area contributed by atoms with Crippen LogP contribution in [0, 0.1) is 24.0 Å². The first-order valence-electron chi connectivity index (χ1n) is 28.6. The van der Waals surface area contributed by atoms with E-state index in [-0.39, 0.29) is 138 Å². The Kier molecular flexibility index (Phi) is 23.4. The third kappa shape index (κ3) is 17.9. The number of thiazole rings is 1. The average Bonchev–Trinajstić information content (AvgIpc) is 0.987. The van der Waals surface area contributed by atoms with E-state index >= 15 is 8.78 Å². The van der Waals surface area contributed by atoms with Gasteiger partial charge in [-0.25, -0.2) is 23.5 Å². The van der Waals surface area contributed by atoms with Gasteiger partial charge < -0.3 is 69.4 Å². The molecule has 2 aliphatic heterocycles. The second-order valence-electron chi connectivity index (χ2n) is 23.2. The zero-order valence-corrected chi connectivity index (χ0v) is 51.7. The third-order valence-electron chi connectivity index (χ3n) is 14.4. The van der Waals surface area contributed by atoms with Gasteiger partial charge in [0.1, 0.15) is 47.2 Å². The van der Waals surface area contributed by atoms with Gasteiger partial charge in [0.25, 0.3) is 0 Å². The van der Waals surface area contributed by atoms with E-state index in [1.54, 1.807) is 70.3 Å². The zero-order chi connectivity index (χ0) is 62.5. The Morgan fingerprint density at radius 1 is 0.872 bits per heavy atom. The number of aromatic nitrogens is 3. The monoisotopic (exact) mass is 1240 g/mol. The van der Waals surface area contributed by atoms with Crippen LogP contribution in [-0.4, -0.2) is 199 Å². The van der Waals surface area contributed by atoms with Crippen LogP contribution in [0.15, 0.2) is 54.0 Å². The summed E-state index contributed by atoms with van der Waals surface area (Å²) in [6, 6.07) is 10.5. The van der Waals surface area contributed by atoms with Crippen molar-refractivity contribution in [2.24, 2.45) is 5.41 Å². The molecule has 2 saturated heterocycles. The van der Waals surface area contributed by atoms with E-state index in [9.17, 15) is 34.2 Å². The van der Waals surface area contributed by atoms with Crippen molar-refractivity contribution in [3.05, 3.63) is 82.0 Å². The van der Waals surface area contributed by atoms with E-state index in [0.717, 1.165) is 27.8 Å². The summed E-state index contributed by atoms with van der Waals surface area (Å²) >= 11 is 8.17. The highest BCUT2D eigenvalue weighted by molar-refractivity contribution is 7.13. The molecule has 5 N–H and O–H groups in total. The van der Waals surface area contributed by atoms with Crippen LogP contribution in [0.5, 0.6) is 5.75 Å². The fourth-order valence-electron chi connectivity index (χ4n) is 9.76. The zero-order valence-electron chi connectivity index (χ0n) is 50.2. The van der Waals surface area contributed by atoms with Crippen LogP contribution in [0.4, 0.5) is 25.3 Å². The molecule has 0 aliphatic carbocycles. The largest absolute Gasteiger partial charge is 0.507 e. The Morgan fingerprint density at radius 3 is 2.14 bits per heavy atom. The van der Waals surface area contributed by atoms with Gasteiger partial charge in [-0.05, 0) is 69.4 Å². The number of phenols is 1. The van der Waals surface area contributed by atoms with Crippen LogP contribution in [-0.2, 0) is 42.9 Å². The summed E-state index contributed by atoms with van der Waals surface area (Å²) in [6.45, 7) is 17.2. The lowest BCUT2D eigenvalue weighted by Gasteiger charge is -2.36. The number of aliphatic hydroxyl groups is 1. The number of nitrogens with one attached hydrogen (secondary N) is 3. The summed E-state index contributed by atoms with van der Waals surface area (Å²) in [5.74, 6) is -3.74. The van der Waals surface area contributed by atoms with Crippen LogP contribution >= 0.6 is 22.9 Å². The summed E-state index contributed by atoms with van der Waals surface area (Å²) < 4.78 is 59.6. The maximum atomic E-state index is 16.6. The van der Waals surface area contributed by atoms with Gasteiger partial charge in [0.05, 0.1) is 85.1 Å². The molecular formula is C60H79ClF2N10O12S. The number of fused-ring (bicyclic) bond motifs is 1. The highest BCUT2D eigenvalue weighted by atomic mass is 35.5. The number of benzene rings is 3. The van der Waals surface area contributed by atoms with Crippen molar-refractivity contribution in [3.63, 3.8) is 0 Å². The molecule has 0 bridgehead atoms. The molecule has 2 aliphatic rings. The number of halogens is 3. The number of hydrogen-bond acceptors (Lipinski definition) is 18. The molecule has 0 radical (unpaired) electrons. The molecule has 86 heavy (non-hydrogen) atoms. The number of aryl methyl sites for hydroxylation is 1. The van der Waals surface area contributed by atoms with Crippen molar-refractivity contribution >= 4 is 75.3 Å². The number of carbonyl (C=O) groups excluding carboxylic acids is 5. The Bertz CT molecular complexity index is 3140. The number of likely N-dealkylation sites (N-methyl/N-ethyl adjacent to an activating group) is 1. The highest BCUT2D eigenvalue weighted by Gasteiger charge is 2.45. The molecule has 5 aromatic rings. The number of anilines is 2. The van der Waals surface area contributed by atoms with Gasteiger partial charge in [-0.2, -0.15) is 4.98 Å². The predicted molar refractivity (Wildman–Crippen MR) is 322 cm³/mol. The summed E-state index contributed by atoms with van der Waals surface area (Å²) in [4.78, 5) is 87.6. The van der Waals surface area contributed by atoms with E-state index in [4.69, 9.17) is 40.3 Å². The molecule has 468 valence electrons. The van der Waals surface area contributed by atoms with E-state index in [1.807, 2.05) is 43.0 Å². The molecule has 7 rings (SSSR count). The standard InChI is InChI=1S/C60H79ClF2N10O12S/c1-36(38-13-15-39(16-14-38)52-37(2)65-35-86-52)66-55(78)44-31-40(74)33-73(44)56(79)53(59(3,4)5)67-46(76)34-84-30-29-83-28-27-82-26-25-81-24-23-70(9)47(77)17-18-64-57-68-51-41(32-42(61)48(50(51)63)49-43(62)11-10-12-45(49)75)54(69-57)71-19-21-72(22-20-71)58(80)85-60(6,7)8/h10-16,32,35-36,40,44,53,74-75H,17-31,33-34H2,1-9H3,(H,66,78)(H,67,76)(H,64,68,69)/t36-,40+,44-,53+/m0/s1. The van der Waals surface area contributed by atoms with Crippen molar-refractivity contribution in [1.82, 2.24) is 40.3 Å². The Hall–Kier alpha value is -6.87. The number of amides is 5. The number of likely N-dealkylation sites (tertiary alicyclic amines) is 1. The first kappa shape index (κ1) is 66.7. The number of β-amino-alcohol motifs (C(OH)–C–C–N with tert-alkyl or cyclic N) is 1. The van der Waals surface area contributed by atoms with Gasteiger partial charge in [-0.15, -0.1) is 11.3 Å². The molecule has 3 aromatic carbocycles. The minimum atomic E-state index is -1.01. The van der Waals surface area contributed by atoms with Gasteiger partial charge in [0.2, 0.25) is 29.6 Å². The van der Waals surface area contributed by atoms with Gasteiger partial charge in [-0.3, -0.25) is 19.2 Å². The molecule has 2 fully saturated rings. The van der Waals surface area contributed by atoms with E-state index in [0.29, 0.717) is 18.9 Å². The molecule has 4 heterocycles. The number of ether oxygens (including phenoxy) is 5. The fraction of sp³-hybridized carbons (Fsp3) is 0.533. The minimum absolute atomic E-state index is 0.0143. The van der Waals surface area contributed by atoms with Crippen molar-refractivity contribution in [3.8, 4) is 27.3 Å². The minimum Gasteiger partial charge on any atom is -0.507 e. The number of piperazine rings is 1. The maximum absolute atomic E-state index is 16.6. The molecular weight excluding hydrogens is 1160 g/mol. The smallest absolute Gasteiger partial charge is 0.410 e. The highest BCUT2D eigenvalue weighted by Crippen LogP contribution is 2.43. The number of hydrogen-bond donors (Lipinski definition) is 5. The second kappa shape index (κ2) is 30.2. The molecule has 0 unspecified atom stereocenters. The summed E-state index contributed by atoms with van der Waals surface area (Å²) in [7, 11) is 1.63. The second-order valence-corrected chi connectivity index (χ2v) is 24.4. The normalized spacial score (nSPS) is 16.3. The predicted octanol–water partition coefficient (Wildman–Crippen LogP) is 7.12. The van der Waals surface area contributed by atoms with Crippen molar-refractivity contribution in [2.45, 2.75) is 98.1 Å². The number of carbonyl (C=O) groups is 5. The van der Waals surface area contributed by atoms with Crippen LogP contribution in [0.2, 0.25) is 5.02 Å². The maximum Gasteiger partial charge on any atom is 0.410 e. The number of nitrogens with zero attached hydrogens (tertiary/aromatic N) is 7. The number of phenolic OH excluding ortho intramolecular Hbond substituents is 1. The topological polar surface area (TPSA) is 260 Å². The molecule has 4 atom stereocenters. The average molecular weight is 1240 g/mol. The Labute approximate surface area is 508 Å².